The zero-order chi connectivity index (χ0) is 13.2. The number of thiophene rings is 1. The molecule has 1 heterocycles. The molecule has 0 saturated heterocycles. The third-order valence-electron chi connectivity index (χ3n) is 3.48. The molecular weight excluding hydrogens is 250 g/mol. The first-order valence-corrected chi connectivity index (χ1v) is 6.82. The molecule has 1 amide bonds. The van der Waals surface area contributed by atoms with Gasteiger partial charge in [0, 0.05) is 0 Å². The van der Waals surface area contributed by atoms with Gasteiger partial charge in [-0.05, 0) is 36.8 Å². The van der Waals surface area contributed by atoms with Gasteiger partial charge in [-0.15, -0.1) is 11.3 Å². The van der Waals surface area contributed by atoms with Crippen molar-refractivity contribution in [2.45, 2.75) is 38.1 Å². The number of oxime groups is 1. The van der Waals surface area contributed by atoms with Gasteiger partial charge >= 0.3 is 0 Å². The second kappa shape index (κ2) is 4.97. The summed E-state index contributed by atoms with van der Waals surface area (Å²) >= 11 is 1.40. The molecule has 1 aromatic heterocycles. The number of amidine groups is 1. The first kappa shape index (κ1) is 12.9. The Kier molecular flexibility index (Phi) is 3.56. The maximum absolute atomic E-state index is 12.2. The molecule has 0 unspecified atom stereocenters. The minimum absolute atomic E-state index is 0.0996. The third-order valence-corrected chi connectivity index (χ3v) is 4.49. The average Bonchev–Trinajstić information content (AvgIpc) is 2.97. The van der Waals surface area contributed by atoms with E-state index in [1.54, 1.807) is 0 Å². The minimum Gasteiger partial charge on any atom is -0.409 e. The van der Waals surface area contributed by atoms with Crippen LogP contribution < -0.4 is 11.1 Å². The Morgan fingerprint density at radius 1 is 1.56 bits per heavy atom. The standard InChI is InChI=1S/C12H17N3O2S/c1-8-4-7-18-9(8)10(16)14-12(11(13)15-17)5-2-3-6-12/h4,7,17H,2-3,5-6H2,1H3,(H2,13,15)(H,14,16). The number of carbonyl (C=O) groups excluding carboxylic acids is 1. The molecular formula is C12H17N3O2S. The van der Waals surface area contributed by atoms with E-state index in [0.29, 0.717) is 4.88 Å². The molecule has 0 aromatic carbocycles. The average molecular weight is 267 g/mol. The predicted molar refractivity (Wildman–Crippen MR) is 71.1 cm³/mol. The van der Waals surface area contributed by atoms with E-state index in [9.17, 15) is 4.79 Å². The van der Waals surface area contributed by atoms with Gasteiger partial charge in [-0.3, -0.25) is 4.79 Å². The van der Waals surface area contributed by atoms with Crippen LogP contribution in [-0.2, 0) is 0 Å². The Morgan fingerprint density at radius 2 is 2.22 bits per heavy atom. The highest BCUT2D eigenvalue weighted by Gasteiger charge is 2.40. The fraction of sp³-hybridized carbons (Fsp3) is 0.500. The molecule has 1 aliphatic carbocycles. The number of rotatable bonds is 3. The summed E-state index contributed by atoms with van der Waals surface area (Å²) in [4.78, 5) is 12.9. The van der Waals surface area contributed by atoms with E-state index in [1.807, 2.05) is 18.4 Å². The lowest BCUT2D eigenvalue weighted by Gasteiger charge is -2.28. The van der Waals surface area contributed by atoms with E-state index in [4.69, 9.17) is 10.9 Å². The molecule has 1 aromatic rings. The number of aryl methyl sites for hydroxylation is 1. The van der Waals surface area contributed by atoms with E-state index in [2.05, 4.69) is 10.5 Å². The number of carbonyl (C=O) groups is 1. The van der Waals surface area contributed by atoms with Crippen LogP contribution in [0.2, 0.25) is 0 Å². The summed E-state index contributed by atoms with van der Waals surface area (Å²) in [5, 5.41) is 16.8. The SMILES string of the molecule is Cc1ccsc1C(=O)NC1(/C(N)=N/O)CCCC1. The molecule has 0 spiro atoms. The van der Waals surface area contributed by atoms with Crippen molar-refractivity contribution in [3.8, 4) is 0 Å². The van der Waals surface area contributed by atoms with Crippen LogP contribution in [0.15, 0.2) is 16.6 Å². The summed E-state index contributed by atoms with van der Waals surface area (Å²) in [6, 6.07) is 1.91. The number of nitrogens with two attached hydrogens (primary N) is 1. The fourth-order valence-electron chi connectivity index (χ4n) is 2.40. The summed E-state index contributed by atoms with van der Waals surface area (Å²) in [5.74, 6) is -0.0430. The lowest BCUT2D eigenvalue weighted by molar-refractivity contribution is 0.0926. The normalized spacial score (nSPS) is 18.8. The highest BCUT2D eigenvalue weighted by atomic mass is 32.1. The summed E-state index contributed by atoms with van der Waals surface area (Å²) in [7, 11) is 0. The van der Waals surface area contributed by atoms with Gasteiger partial charge in [0.25, 0.3) is 5.91 Å². The largest absolute Gasteiger partial charge is 0.409 e. The second-order valence-corrected chi connectivity index (χ2v) is 5.58. The lowest BCUT2D eigenvalue weighted by Crippen LogP contribution is -2.55. The molecule has 1 aliphatic rings. The minimum atomic E-state index is -0.678. The topological polar surface area (TPSA) is 87.7 Å². The zero-order valence-electron chi connectivity index (χ0n) is 10.3. The molecule has 98 valence electrons. The molecule has 5 nitrogen and oxygen atoms in total. The highest BCUT2D eigenvalue weighted by molar-refractivity contribution is 7.12. The van der Waals surface area contributed by atoms with E-state index < -0.39 is 5.54 Å². The van der Waals surface area contributed by atoms with Gasteiger partial charge in [0.1, 0.15) is 5.54 Å². The van der Waals surface area contributed by atoms with E-state index in [0.717, 1.165) is 31.2 Å². The Labute approximate surface area is 110 Å². The predicted octanol–water partition coefficient (Wildman–Crippen LogP) is 1.85. The molecule has 0 aliphatic heterocycles. The third kappa shape index (κ3) is 2.20. The summed E-state index contributed by atoms with van der Waals surface area (Å²) < 4.78 is 0. The molecule has 4 N–H and O–H groups in total. The van der Waals surface area contributed by atoms with Crippen molar-refractivity contribution in [3.63, 3.8) is 0 Å². The molecule has 1 fully saturated rings. The zero-order valence-corrected chi connectivity index (χ0v) is 11.1. The number of nitrogens with zero attached hydrogens (tertiary/aromatic N) is 1. The van der Waals surface area contributed by atoms with Crippen LogP contribution in [0.25, 0.3) is 0 Å². The first-order valence-electron chi connectivity index (χ1n) is 5.94. The number of hydrogen-bond donors (Lipinski definition) is 3. The summed E-state index contributed by atoms with van der Waals surface area (Å²) in [5.41, 5.74) is 6.01. The molecule has 1 saturated carbocycles. The fourth-order valence-corrected chi connectivity index (χ4v) is 3.22. The lowest BCUT2D eigenvalue weighted by atomic mass is 9.96. The molecule has 0 radical (unpaired) electrons. The van der Waals surface area contributed by atoms with Crippen LogP contribution in [0.4, 0.5) is 0 Å². The number of hydrogen-bond acceptors (Lipinski definition) is 4. The van der Waals surface area contributed by atoms with Gasteiger partial charge in [0.2, 0.25) is 0 Å². The van der Waals surface area contributed by atoms with E-state index >= 15 is 0 Å². The maximum atomic E-state index is 12.2. The van der Waals surface area contributed by atoms with Crippen LogP contribution >= 0.6 is 11.3 Å². The Morgan fingerprint density at radius 3 is 2.72 bits per heavy atom. The van der Waals surface area contributed by atoms with E-state index in [1.165, 1.54) is 11.3 Å². The quantitative estimate of drug-likeness (QED) is 0.338. The number of amides is 1. The van der Waals surface area contributed by atoms with Crippen molar-refractivity contribution >= 4 is 23.1 Å². The van der Waals surface area contributed by atoms with Crippen molar-refractivity contribution < 1.29 is 10.0 Å². The Hall–Kier alpha value is -1.56. The monoisotopic (exact) mass is 267 g/mol. The van der Waals surface area contributed by atoms with Crippen LogP contribution in [0.3, 0.4) is 0 Å². The first-order chi connectivity index (χ1) is 8.59. The van der Waals surface area contributed by atoms with Crippen molar-refractivity contribution in [2.75, 3.05) is 0 Å². The van der Waals surface area contributed by atoms with Crippen molar-refractivity contribution in [3.05, 3.63) is 21.9 Å². The highest BCUT2D eigenvalue weighted by Crippen LogP contribution is 2.30. The van der Waals surface area contributed by atoms with Gasteiger partial charge in [0.05, 0.1) is 4.88 Å². The smallest absolute Gasteiger partial charge is 0.262 e. The van der Waals surface area contributed by atoms with E-state index in [-0.39, 0.29) is 11.7 Å². The van der Waals surface area contributed by atoms with Crippen LogP contribution in [0.5, 0.6) is 0 Å². The van der Waals surface area contributed by atoms with Crippen LogP contribution in [-0.4, -0.2) is 22.5 Å². The summed E-state index contributed by atoms with van der Waals surface area (Å²) in [6.07, 6.45) is 3.39. The van der Waals surface area contributed by atoms with Gasteiger partial charge in [0.15, 0.2) is 5.84 Å². The Balaban J connectivity index is 2.21. The number of nitrogens with one attached hydrogen (secondary N) is 1. The van der Waals surface area contributed by atoms with Gasteiger partial charge in [-0.2, -0.15) is 0 Å². The van der Waals surface area contributed by atoms with Gasteiger partial charge in [-0.1, -0.05) is 18.0 Å². The van der Waals surface area contributed by atoms with Crippen molar-refractivity contribution in [2.24, 2.45) is 10.9 Å². The summed E-state index contributed by atoms with van der Waals surface area (Å²) in [6.45, 7) is 1.90. The van der Waals surface area contributed by atoms with Crippen molar-refractivity contribution in [1.82, 2.24) is 5.32 Å². The maximum Gasteiger partial charge on any atom is 0.262 e. The second-order valence-electron chi connectivity index (χ2n) is 4.66. The van der Waals surface area contributed by atoms with Gasteiger partial charge < -0.3 is 16.3 Å². The van der Waals surface area contributed by atoms with Gasteiger partial charge in [-0.25, -0.2) is 0 Å². The Bertz CT molecular complexity index is 475. The molecule has 0 atom stereocenters. The molecule has 0 bridgehead atoms. The molecule has 6 heteroatoms. The van der Waals surface area contributed by atoms with Crippen molar-refractivity contribution in [1.29, 1.82) is 0 Å². The van der Waals surface area contributed by atoms with Crippen LogP contribution in [0.1, 0.15) is 40.9 Å². The molecule has 18 heavy (non-hydrogen) atoms. The molecule has 2 rings (SSSR count). The van der Waals surface area contributed by atoms with Crippen LogP contribution in [0, 0.1) is 6.92 Å².